The van der Waals surface area contributed by atoms with Crippen molar-refractivity contribution in [1.29, 1.82) is 0 Å². The fraction of sp³-hybridized carbons (Fsp3) is 0.438. The van der Waals surface area contributed by atoms with Crippen LogP contribution in [0.15, 0.2) is 18.2 Å². The Labute approximate surface area is 128 Å². The number of carbonyl (C=O) groups is 1. The zero-order valence-corrected chi connectivity index (χ0v) is 12.7. The smallest absolute Gasteiger partial charge is 0.407 e. The van der Waals surface area contributed by atoms with Crippen LogP contribution in [-0.2, 0) is 4.74 Å². The van der Waals surface area contributed by atoms with E-state index in [9.17, 15) is 18.7 Å². The van der Waals surface area contributed by atoms with Crippen LogP contribution in [0.1, 0.15) is 38.9 Å². The second-order valence-electron chi connectivity index (χ2n) is 5.84. The van der Waals surface area contributed by atoms with Crippen molar-refractivity contribution in [1.82, 2.24) is 5.32 Å². The van der Waals surface area contributed by atoms with Gasteiger partial charge in [-0.2, -0.15) is 0 Å². The Kier molecular flexibility index (Phi) is 5.89. The molecule has 1 aromatic carbocycles. The molecule has 0 aliphatic rings. The molecule has 2 N–H and O–H groups in total. The van der Waals surface area contributed by atoms with E-state index in [1.165, 1.54) is 0 Å². The van der Waals surface area contributed by atoms with Crippen LogP contribution in [0.3, 0.4) is 0 Å². The maximum absolute atomic E-state index is 13.7. The molecule has 0 saturated heterocycles. The van der Waals surface area contributed by atoms with Gasteiger partial charge in [-0.3, -0.25) is 0 Å². The lowest BCUT2D eigenvalue weighted by molar-refractivity contribution is 0.000416. The summed E-state index contributed by atoms with van der Waals surface area (Å²) in [4.78, 5) is 11.8. The van der Waals surface area contributed by atoms with Gasteiger partial charge in [-0.05, 0) is 39.0 Å². The van der Waals surface area contributed by atoms with Crippen molar-refractivity contribution in [3.8, 4) is 12.3 Å². The van der Waals surface area contributed by atoms with E-state index in [0.717, 1.165) is 18.2 Å². The molecule has 0 radical (unpaired) electrons. The first-order chi connectivity index (χ1) is 10.1. The maximum atomic E-state index is 13.7. The minimum absolute atomic E-state index is 0.144. The highest BCUT2D eigenvalue weighted by atomic mass is 19.1. The SMILES string of the molecule is C#CC[C@H](OC(=O)NC(C)(C)C)[C@@H](O)c1cc(F)ccc1F. The Bertz CT molecular complexity index is 576. The van der Waals surface area contributed by atoms with Crippen LogP contribution in [0.4, 0.5) is 13.6 Å². The summed E-state index contributed by atoms with van der Waals surface area (Å²) in [5.74, 6) is 0.716. The largest absolute Gasteiger partial charge is 0.442 e. The summed E-state index contributed by atoms with van der Waals surface area (Å²) in [5.41, 5.74) is -0.865. The van der Waals surface area contributed by atoms with E-state index in [4.69, 9.17) is 11.2 Å². The molecule has 1 amide bonds. The fourth-order valence-electron chi connectivity index (χ4n) is 1.75. The third-order valence-corrected chi connectivity index (χ3v) is 2.68. The first-order valence-electron chi connectivity index (χ1n) is 6.69. The van der Waals surface area contributed by atoms with Crippen LogP contribution < -0.4 is 5.32 Å². The zero-order chi connectivity index (χ0) is 16.9. The van der Waals surface area contributed by atoms with Gasteiger partial charge < -0.3 is 15.2 Å². The number of rotatable bonds is 4. The second kappa shape index (κ2) is 7.23. The number of terminal acetylenes is 1. The van der Waals surface area contributed by atoms with E-state index in [2.05, 4.69) is 11.2 Å². The van der Waals surface area contributed by atoms with Crippen LogP contribution in [0.5, 0.6) is 0 Å². The molecule has 0 saturated carbocycles. The van der Waals surface area contributed by atoms with Crippen molar-refractivity contribution in [2.45, 2.75) is 44.9 Å². The van der Waals surface area contributed by atoms with Crippen LogP contribution in [-0.4, -0.2) is 22.8 Å². The molecule has 1 rings (SSSR count). The number of benzene rings is 1. The number of hydrogen-bond acceptors (Lipinski definition) is 3. The van der Waals surface area contributed by atoms with Crippen molar-refractivity contribution < 1.29 is 23.4 Å². The third-order valence-electron chi connectivity index (χ3n) is 2.68. The molecule has 0 fully saturated rings. The van der Waals surface area contributed by atoms with Crippen LogP contribution in [0, 0.1) is 24.0 Å². The predicted octanol–water partition coefficient (Wildman–Crippen LogP) is 2.91. The van der Waals surface area contributed by atoms with Crippen LogP contribution in [0.2, 0.25) is 0 Å². The summed E-state index contributed by atoms with van der Waals surface area (Å²) >= 11 is 0. The Morgan fingerprint density at radius 2 is 2.09 bits per heavy atom. The minimum atomic E-state index is -1.57. The topological polar surface area (TPSA) is 58.6 Å². The highest BCUT2D eigenvalue weighted by molar-refractivity contribution is 5.68. The van der Waals surface area contributed by atoms with Gasteiger partial charge in [0.2, 0.25) is 0 Å². The Morgan fingerprint density at radius 1 is 1.45 bits per heavy atom. The summed E-state index contributed by atoms with van der Waals surface area (Å²) in [6.45, 7) is 5.23. The fourth-order valence-corrected chi connectivity index (χ4v) is 1.75. The number of ether oxygens (including phenoxy) is 1. The number of halogens is 2. The highest BCUT2D eigenvalue weighted by Crippen LogP contribution is 2.25. The van der Waals surface area contributed by atoms with E-state index in [0.29, 0.717) is 0 Å². The molecular weight excluding hydrogens is 292 g/mol. The number of aliphatic hydroxyl groups excluding tert-OH is 1. The van der Waals surface area contributed by atoms with Gasteiger partial charge in [0.25, 0.3) is 0 Å². The normalized spacial score (nSPS) is 13.9. The lowest BCUT2D eigenvalue weighted by atomic mass is 10.0. The van der Waals surface area contributed by atoms with E-state index >= 15 is 0 Å². The zero-order valence-electron chi connectivity index (χ0n) is 12.7. The maximum Gasteiger partial charge on any atom is 0.407 e. The second-order valence-corrected chi connectivity index (χ2v) is 5.84. The Hall–Kier alpha value is -2.13. The first kappa shape index (κ1) is 17.9. The first-order valence-corrected chi connectivity index (χ1v) is 6.69. The van der Waals surface area contributed by atoms with Crippen molar-refractivity contribution in [2.24, 2.45) is 0 Å². The molecule has 120 valence electrons. The van der Waals surface area contributed by atoms with E-state index < -0.39 is 35.5 Å². The molecule has 0 spiro atoms. The van der Waals surface area contributed by atoms with Crippen molar-refractivity contribution in [3.63, 3.8) is 0 Å². The standard InChI is InChI=1S/C16H19F2NO3/c1-5-6-13(22-15(21)19-16(2,3)4)14(20)11-9-10(17)7-8-12(11)18/h1,7-9,13-14,20H,6H2,2-4H3,(H,19,21)/t13-,14-/m0/s1. The molecule has 0 heterocycles. The quantitative estimate of drug-likeness (QED) is 0.841. The van der Waals surface area contributed by atoms with E-state index in [1.807, 2.05) is 0 Å². The molecule has 0 unspecified atom stereocenters. The van der Waals surface area contributed by atoms with Crippen LogP contribution >= 0.6 is 0 Å². The molecule has 2 atom stereocenters. The molecule has 22 heavy (non-hydrogen) atoms. The molecule has 6 heteroatoms. The van der Waals surface area contributed by atoms with Gasteiger partial charge >= 0.3 is 6.09 Å². The highest BCUT2D eigenvalue weighted by Gasteiger charge is 2.28. The number of nitrogens with one attached hydrogen (secondary N) is 1. The van der Waals surface area contributed by atoms with Gasteiger partial charge in [0.15, 0.2) is 0 Å². The van der Waals surface area contributed by atoms with Crippen molar-refractivity contribution in [2.75, 3.05) is 0 Å². The number of carbonyl (C=O) groups excluding carboxylic acids is 1. The van der Waals surface area contributed by atoms with Gasteiger partial charge in [-0.1, -0.05) is 0 Å². The van der Waals surface area contributed by atoms with E-state index in [1.54, 1.807) is 20.8 Å². The van der Waals surface area contributed by atoms with Gasteiger partial charge in [0.05, 0.1) is 0 Å². The molecular formula is C16H19F2NO3. The number of alkyl carbamates (subject to hydrolysis) is 1. The van der Waals surface area contributed by atoms with Gasteiger partial charge in [-0.15, -0.1) is 12.3 Å². The molecule has 4 nitrogen and oxygen atoms in total. The lowest BCUT2D eigenvalue weighted by Crippen LogP contribution is -2.43. The van der Waals surface area contributed by atoms with E-state index in [-0.39, 0.29) is 12.0 Å². The van der Waals surface area contributed by atoms with Crippen molar-refractivity contribution >= 4 is 6.09 Å². The molecule has 0 aliphatic carbocycles. The lowest BCUT2D eigenvalue weighted by Gasteiger charge is -2.25. The number of amides is 1. The van der Waals surface area contributed by atoms with Gasteiger partial charge in [0, 0.05) is 17.5 Å². The summed E-state index contributed by atoms with van der Waals surface area (Å²) in [6, 6.07) is 2.65. The minimum Gasteiger partial charge on any atom is -0.442 e. The van der Waals surface area contributed by atoms with Gasteiger partial charge in [-0.25, -0.2) is 13.6 Å². The average molecular weight is 311 g/mol. The predicted molar refractivity (Wildman–Crippen MR) is 77.9 cm³/mol. The number of hydrogen-bond donors (Lipinski definition) is 2. The number of aliphatic hydroxyl groups is 1. The van der Waals surface area contributed by atoms with Gasteiger partial charge in [0.1, 0.15) is 23.8 Å². The summed E-state index contributed by atoms with van der Waals surface area (Å²) < 4.78 is 31.9. The molecule has 1 aromatic rings. The third kappa shape index (κ3) is 5.34. The Morgan fingerprint density at radius 3 is 2.64 bits per heavy atom. The molecule has 0 aromatic heterocycles. The average Bonchev–Trinajstić information content (AvgIpc) is 2.38. The molecule has 0 bridgehead atoms. The van der Waals surface area contributed by atoms with Crippen molar-refractivity contribution in [3.05, 3.63) is 35.4 Å². The summed E-state index contributed by atoms with van der Waals surface area (Å²) in [5, 5.41) is 12.7. The molecule has 0 aliphatic heterocycles. The Balaban J connectivity index is 2.93. The summed E-state index contributed by atoms with van der Waals surface area (Å²) in [7, 11) is 0. The van der Waals surface area contributed by atoms with Crippen LogP contribution in [0.25, 0.3) is 0 Å². The summed E-state index contributed by atoms with van der Waals surface area (Å²) in [6.07, 6.45) is 1.47. The monoisotopic (exact) mass is 311 g/mol.